The van der Waals surface area contributed by atoms with Crippen LogP contribution >= 0.6 is 0 Å². The van der Waals surface area contributed by atoms with E-state index >= 15 is 0 Å². The first-order valence-corrected chi connectivity index (χ1v) is 11.3. The van der Waals surface area contributed by atoms with Gasteiger partial charge >= 0.3 is 6.03 Å². The molecular weight excluding hydrogens is 438 g/mol. The SMILES string of the molecule is Cc1cc(C)cc(NC(=O)Nc2cccc(Nc3ccc4c(c3)NC(=O)/C4=C/c3ccc[nH]3)c2)c1. The van der Waals surface area contributed by atoms with Crippen molar-refractivity contribution >= 4 is 52.0 Å². The number of aromatic nitrogens is 1. The van der Waals surface area contributed by atoms with Crippen LogP contribution in [0.4, 0.5) is 33.2 Å². The fraction of sp³-hybridized carbons (Fsp3) is 0.0714. The zero-order valence-electron chi connectivity index (χ0n) is 19.4. The fourth-order valence-corrected chi connectivity index (χ4v) is 4.19. The van der Waals surface area contributed by atoms with Crippen molar-refractivity contribution in [3.63, 3.8) is 0 Å². The van der Waals surface area contributed by atoms with Gasteiger partial charge in [-0.2, -0.15) is 0 Å². The maximum absolute atomic E-state index is 12.5. The van der Waals surface area contributed by atoms with Crippen molar-refractivity contribution in [1.29, 1.82) is 0 Å². The Morgan fingerprint density at radius 2 is 1.54 bits per heavy atom. The highest BCUT2D eigenvalue weighted by Gasteiger charge is 2.24. The standard InChI is InChI=1S/C28H25N5O2/c1-17-11-18(2)13-23(12-17)32-28(35)31-21-6-3-5-20(14-21)30-22-8-9-24-25(15-19-7-4-10-29-19)27(34)33-26(24)16-22/h3-16,29-30H,1-2H3,(H,33,34)(H2,31,32,35)/b25-15+. The molecule has 0 fully saturated rings. The van der Waals surface area contributed by atoms with E-state index in [0.29, 0.717) is 11.3 Å². The van der Waals surface area contributed by atoms with Crippen molar-refractivity contribution in [2.45, 2.75) is 13.8 Å². The summed E-state index contributed by atoms with van der Waals surface area (Å²) < 4.78 is 0. The highest BCUT2D eigenvalue weighted by Crippen LogP contribution is 2.35. The third kappa shape index (κ3) is 5.09. The van der Waals surface area contributed by atoms with Crippen LogP contribution in [0.1, 0.15) is 22.4 Å². The molecule has 3 amide bonds. The van der Waals surface area contributed by atoms with Crippen LogP contribution in [0.25, 0.3) is 11.6 Å². The Balaban J connectivity index is 1.28. The van der Waals surface area contributed by atoms with Gasteiger partial charge in [0, 0.05) is 40.2 Å². The Labute approximate surface area is 203 Å². The lowest BCUT2D eigenvalue weighted by molar-refractivity contribution is -0.110. The zero-order chi connectivity index (χ0) is 24.4. The first-order chi connectivity index (χ1) is 16.9. The average Bonchev–Trinajstić information content (AvgIpc) is 3.41. The summed E-state index contributed by atoms with van der Waals surface area (Å²) in [4.78, 5) is 28.1. The maximum Gasteiger partial charge on any atom is 0.323 e. The Morgan fingerprint density at radius 1 is 0.800 bits per heavy atom. The maximum atomic E-state index is 12.5. The topological polar surface area (TPSA) is 98.0 Å². The summed E-state index contributed by atoms with van der Waals surface area (Å²) in [6, 6.07) is 22.6. The number of benzene rings is 3. The van der Waals surface area contributed by atoms with Crippen molar-refractivity contribution in [2.75, 3.05) is 21.3 Å². The molecule has 7 heteroatoms. The molecule has 0 aliphatic carbocycles. The van der Waals surface area contributed by atoms with Gasteiger partial charge in [0.05, 0.1) is 11.3 Å². The van der Waals surface area contributed by atoms with Gasteiger partial charge < -0.3 is 26.3 Å². The molecule has 0 saturated carbocycles. The van der Waals surface area contributed by atoms with E-state index in [9.17, 15) is 9.59 Å². The van der Waals surface area contributed by atoms with E-state index in [-0.39, 0.29) is 11.9 Å². The van der Waals surface area contributed by atoms with E-state index in [1.165, 1.54) is 0 Å². The third-order valence-corrected chi connectivity index (χ3v) is 5.61. The molecule has 5 rings (SSSR count). The molecule has 1 aromatic heterocycles. The van der Waals surface area contributed by atoms with Gasteiger partial charge in [-0.05, 0) is 85.6 Å². The third-order valence-electron chi connectivity index (χ3n) is 5.61. The number of nitrogens with one attached hydrogen (secondary N) is 5. The summed E-state index contributed by atoms with van der Waals surface area (Å²) in [6.45, 7) is 3.99. The average molecular weight is 464 g/mol. The van der Waals surface area contributed by atoms with Crippen molar-refractivity contribution < 1.29 is 9.59 Å². The van der Waals surface area contributed by atoms with Gasteiger partial charge in [-0.25, -0.2) is 4.79 Å². The van der Waals surface area contributed by atoms with E-state index in [0.717, 1.165) is 45.1 Å². The molecule has 4 aromatic rings. The van der Waals surface area contributed by atoms with Gasteiger partial charge in [0.1, 0.15) is 0 Å². The minimum atomic E-state index is -0.311. The van der Waals surface area contributed by atoms with Crippen LogP contribution in [-0.4, -0.2) is 16.9 Å². The second-order valence-corrected chi connectivity index (χ2v) is 8.56. The number of aryl methyl sites for hydroxylation is 2. The number of carbonyl (C=O) groups is 2. The first kappa shape index (κ1) is 22.0. The normalized spacial score (nSPS) is 13.3. The van der Waals surface area contributed by atoms with Crippen molar-refractivity contribution in [1.82, 2.24) is 4.98 Å². The minimum Gasteiger partial charge on any atom is -0.362 e. The summed E-state index contributed by atoms with van der Waals surface area (Å²) >= 11 is 0. The lowest BCUT2D eigenvalue weighted by atomic mass is 10.1. The summed E-state index contributed by atoms with van der Waals surface area (Å²) in [5, 5.41) is 12.0. The van der Waals surface area contributed by atoms with Crippen LogP contribution in [0.15, 0.2) is 79.0 Å². The smallest absolute Gasteiger partial charge is 0.323 e. The van der Waals surface area contributed by atoms with Crippen LogP contribution in [-0.2, 0) is 4.79 Å². The monoisotopic (exact) mass is 463 g/mol. The van der Waals surface area contributed by atoms with Crippen LogP contribution in [0.5, 0.6) is 0 Å². The summed E-state index contributed by atoms with van der Waals surface area (Å²) in [5.74, 6) is -0.132. The van der Waals surface area contributed by atoms with Gasteiger partial charge in [-0.1, -0.05) is 18.2 Å². The number of hydrogen-bond acceptors (Lipinski definition) is 3. The number of aromatic amines is 1. The molecule has 3 aromatic carbocycles. The van der Waals surface area contributed by atoms with E-state index in [1.807, 2.05) is 92.9 Å². The molecule has 5 N–H and O–H groups in total. The highest BCUT2D eigenvalue weighted by molar-refractivity contribution is 6.35. The summed E-state index contributed by atoms with van der Waals surface area (Å²) in [6.07, 6.45) is 3.66. The molecule has 7 nitrogen and oxygen atoms in total. The number of hydrogen-bond donors (Lipinski definition) is 5. The molecule has 1 aliphatic heterocycles. The number of carbonyl (C=O) groups excluding carboxylic acids is 2. The summed E-state index contributed by atoms with van der Waals surface area (Å²) in [5.41, 5.74) is 8.30. The van der Waals surface area contributed by atoms with Gasteiger partial charge in [0.2, 0.25) is 0 Å². The number of H-pyrrole nitrogens is 1. The van der Waals surface area contributed by atoms with E-state index in [2.05, 4.69) is 32.3 Å². The van der Waals surface area contributed by atoms with Crippen LogP contribution in [0.2, 0.25) is 0 Å². The van der Waals surface area contributed by atoms with Gasteiger partial charge in [-0.15, -0.1) is 0 Å². The van der Waals surface area contributed by atoms with Crippen LogP contribution in [0.3, 0.4) is 0 Å². The number of urea groups is 1. The van der Waals surface area contributed by atoms with E-state index in [4.69, 9.17) is 0 Å². The number of rotatable bonds is 5. The van der Waals surface area contributed by atoms with Gasteiger partial charge in [0.25, 0.3) is 5.91 Å². The van der Waals surface area contributed by atoms with Crippen LogP contribution < -0.4 is 21.3 Å². The van der Waals surface area contributed by atoms with Gasteiger partial charge in [-0.3, -0.25) is 4.79 Å². The number of fused-ring (bicyclic) bond motifs is 1. The van der Waals surface area contributed by atoms with E-state index < -0.39 is 0 Å². The Morgan fingerprint density at radius 3 is 2.31 bits per heavy atom. The molecule has 0 saturated heterocycles. The molecule has 35 heavy (non-hydrogen) atoms. The lowest BCUT2D eigenvalue weighted by Gasteiger charge is -2.12. The Hall–Kier alpha value is -4.78. The summed E-state index contributed by atoms with van der Waals surface area (Å²) in [7, 11) is 0. The molecule has 1 aliphatic rings. The molecule has 0 bridgehead atoms. The van der Waals surface area contributed by atoms with E-state index in [1.54, 1.807) is 0 Å². The predicted molar refractivity (Wildman–Crippen MR) is 142 cm³/mol. The molecule has 2 heterocycles. The van der Waals surface area contributed by atoms with Crippen molar-refractivity contribution in [3.05, 3.63) is 101 Å². The Bertz CT molecular complexity index is 1430. The number of anilines is 5. The molecule has 174 valence electrons. The molecule has 0 spiro atoms. The Kier molecular flexibility index (Phi) is 5.81. The molecule has 0 unspecified atom stereocenters. The fourth-order valence-electron chi connectivity index (χ4n) is 4.19. The minimum absolute atomic E-state index is 0.132. The van der Waals surface area contributed by atoms with Crippen molar-refractivity contribution in [3.8, 4) is 0 Å². The quantitative estimate of drug-likeness (QED) is 0.218. The second-order valence-electron chi connectivity index (χ2n) is 8.56. The van der Waals surface area contributed by atoms with Crippen molar-refractivity contribution in [2.24, 2.45) is 0 Å². The molecular formula is C28H25N5O2. The van der Waals surface area contributed by atoms with Crippen LogP contribution in [0, 0.1) is 13.8 Å². The zero-order valence-corrected chi connectivity index (χ0v) is 19.4. The van der Waals surface area contributed by atoms with Gasteiger partial charge in [0.15, 0.2) is 0 Å². The first-order valence-electron chi connectivity index (χ1n) is 11.3. The molecule has 0 radical (unpaired) electrons. The largest absolute Gasteiger partial charge is 0.362 e. The second kappa shape index (κ2) is 9.23. The molecule has 0 atom stereocenters. The highest BCUT2D eigenvalue weighted by atomic mass is 16.2. The lowest BCUT2D eigenvalue weighted by Crippen LogP contribution is -2.19. The number of amides is 3. The predicted octanol–water partition coefficient (Wildman–Crippen LogP) is 6.51.